The van der Waals surface area contributed by atoms with E-state index in [0.29, 0.717) is 5.69 Å². The van der Waals surface area contributed by atoms with E-state index in [1.54, 1.807) is 0 Å². The molecule has 1 aromatic rings. The van der Waals surface area contributed by atoms with Crippen LogP contribution in [0.2, 0.25) is 0 Å². The first-order chi connectivity index (χ1) is 6.45. The Morgan fingerprint density at radius 1 is 1.36 bits per heavy atom. The maximum Gasteiger partial charge on any atom is 0.578 e. The quantitative estimate of drug-likeness (QED) is 0.706. The molecule has 1 atom stereocenters. The Morgan fingerprint density at radius 2 is 2.00 bits per heavy atom. The van der Waals surface area contributed by atoms with E-state index in [9.17, 15) is 17.7 Å². The standard InChI is InChI=1S/C8H7F3NOS/c1-12-6-3-2-4-7(5-6)14(13)8(9,10)11/h2-5H,1H3. The lowest BCUT2D eigenvalue weighted by atomic mass is 10.3. The molecule has 1 aromatic carbocycles. The predicted octanol–water partition coefficient (Wildman–Crippen LogP) is 2.18. The summed E-state index contributed by atoms with van der Waals surface area (Å²) in [5.41, 5.74) is -4.34. The lowest BCUT2D eigenvalue weighted by Gasteiger charge is -2.12. The highest BCUT2D eigenvalue weighted by Crippen LogP contribution is 2.30. The van der Waals surface area contributed by atoms with Crippen molar-refractivity contribution in [1.29, 1.82) is 0 Å². The van der Waals surface area contributed by atoms with E-state index in [-0.39, 0.29) is 4.90 Å². The van der Waals surface area contributed by atoms with Gasteiger partial charge >= 0.3 is 5.51 Å². The largest absolute Gasteiger partial charge is 0.604 e. The van der Waals surface area contributed by atoms with Crippen LogP contribution in [0.3, 0.4) is 0 Å². The minimum Gasteiger partial charge on any atom is -0.604 e. The van der Waals surface area contributed by atoms with Crippen molar-refractivity contribution in [2.45, 2.75) is 10.4 Å². The van der Waals surface area contributed by atoms with Gasteiger partial charge in [-0.1, -0.05) is 6.07 Å². The predicted molar refractivity (Wildman–Crippen MR) is 46.6 cm³/mol. The van der Waals surface area contributed by atoms with Crippen molar-refractivity contribution in [2.75, 3.05) is 7.05 Å². The summed E-state index contributed by atoms with van der Waals surface area (Å²) in [6.45, 7) is 0. The third-order valence-corrected chi connectivity index (χ3v) is 2.60. The Labute approximate surface area is 82.3 Å². The molecule has 0 fully saturated rings. The van der Waals surface area contributed by atoms with Crippen LogP contribution in [0, 0.1) is 0 Å². The summed E-state index contributed by atoms with van der Waals surface area (Å²) in [6.07, 6.45) is 0. The fraction of sp³-hybridized carbons (Fsp3) is 0.250. The smallest absolute Gasteiger partial charge is 0.578 e. The molecule has 0 heterocycles. The van der Waals surface area contributed by atoms with E-state index in [1.807, 2.05) is 0 Å². The highest BCUT2D eigenvalue weighted by molar-refractivity contribution is 7.92. The summed E-state index contributed by atoms with van der Waals surface area (Å²) in [5.74, 6) is 0. The van der Waals surface area contributed by atoms with Gasteiger partial charge in [0.2, 0.25) is 0 Å². The van der Waals surface area contributed by atoms with Crippen molar-refractivity contribution in [3.63, 3.8) is 0 Å². The lowest BCUT2D eigenvalue weighted by molar-refractivity contribution is -0.0435. The minimum atomic E-state index is -4.72. The molecule has 0 spiro atoms. The number of hydrogen-bond acceptors (Lipinski definition) is 1. The summed E-state index contributed by atoms with van der Waals surface area (Å²) < 4.78 is 47.0. The van der Waals surface area contributed by atoms with Gasteiger partial charge in [0.1, 0.15) is 0 Å². The second kappa shape index (κ2) is 4.10. The molecule has 0 N–H and O–H groups in total. The monoisotopic (exact) mass is 222 g/mol. The van der Waals surface area contributed by atoms with Crippen molar-refractivity contribution < 1.29 is 17.7 Å². The molecular formula is C8H7F3NOS. The van der Waals surface area contributed by atoms with E-state index >= 15 is 0 Å². The number of halogens is 3. The Balaban J connectivity index is 2.95. The summed E-state index contributed by atoms with van der Waals surface area (Å²) in [4.78, 5) is -0.277. The Kier molecular flexibility index (Phi) is 3.28. The van der Waals surface area contributed by atoms with Gasteiger partial charge in [-0.3, -0.25) is 5.32 Å². The van der Waals surface area contributed by atoms with Crippen molar-refractivity contribution in [3.8, 4) is 0 Å². The van der Waals surface area contributed by atoms with E-state index in [0.717, 1.165) is 12.1 Å². The zero-order valence-corrected chi connectivity index (χ0v) is 8.02. The molecular weight excluding hydrogens is 215 g/mol. The van der Waals surface area contributed by atoms with Gasteiger partial charge in [-0.25, -0.2) is 0 Å². The normalized spacial score (nSPS) is 13.8. The molecule has 6 heteroatoms. The van der Waals surface area contributed by atoms with Crippen molar-refractivity contribution >= 4 is 16.9 Å². The summed E-state index contributed by atoms with van der Waals surface area (Å²) >= 11 is -2.97. The molecule has 0 aliphatic heterocycles. The average Bonchev–Trinajstić information content (AvgIpc) is 2.15. The van der Waals surface area contributed by atoms with Crippen molar-refractivity contribution in [3.05, 3.63) is 24.3 Å². The first-order valence-electron chi connectivity index (χ1n) is 3.63. The fourth-order valence-electron chi connectivity index (χ4n) is 0.872. The van der Waals surface area contributed by atoms with Gasteiger partial charge in [-0.15, -0.1) is 13.2 Å². The third kappa shape index (κ3) is 2.55. The lowest BCUT2D eigenvalue weighted by Crippen LogP contribution is -2.23. The average molecular weight is 222 g/mol. The first-order valence-corrected chi connectivity index (χ1v) is 4.78. The number of benzene rings is 1. The van der Waals surface area contributed by atoms with Crippen LogP contribution in [0.5, 0.6) is 0 Å². The Bertz CT molecular complexity index is 316. The van der Waals surface area contributed by atoms with Gasteiger partial charge in [0, 0.05) is 13.1 Å². The van der Waals surface area contributed by atoms with Gasteiger partial charge in [-0.05, 0) is 12.1 Å². The highest BCUT2D eigenvalue weighted by atomic mass is 32.2. The first kappa shape index (κ1) is 11.2. The molecule has 77 valence electrons. The van der Waals surface area contributed by atoms with Gasteiger partial charge in [0.25, 0.3) is 0 Å². The number of alkyl halides is 3. The Hall–Kier alpha value is -0.880. The van der Waals surface area contributed by atoms with Crippen LogP contribution in [0.1, 0.15) is 0 Å². The molecule has 0 aliphatic carbocycles. The molecule has 0 bridgehead atoms. The maximum atomic E-state index is 12.0. The SMILES string of the molecule is C[N]c1cccc([S+]([O-])C(F)(F)F)c1. The van der Waals surface area contributed by atoms with Crippen LogP contribution in [0.4, 0.5) is 18.9 Å². The fourth-order valence-corrected chi connectivity index (χ4v) is 1.57. The van der Waals surface area contributed by atoms with Crippen LogP contribution in [-0.4, -0.2) is 17.1 Å². The minimum absolute atomic E-state index is 0.277. The second-order valence-electron chi connectivity index (χ2n) is 2.44. The topological polar surface area (TPSA) is 37.2 Å². The molecule has 1 rings (SSSR count). The summed E-state index contributed by atoms with van der Waals surface area (Å²) in [6, 6.07) is 5.25. The molecule has 0 aliphatic rings. The zero-order chi connectivity index (χ0) is 10.8. The molecule has 14 heavy (non-hydrogen) atoms. The molecule has 0 saturated carbocycles. The van der Waals surface area contributed by atoms with Gasteiger partial charge < -0.3 is 4.55 Å². The maximum absolute atomic E-state index is 12.0. The molecule has 0 aromatic heterocycles. The molecule has 0 saturated heterocycles. The molecule has 0 amide bonds. The van der Waals surface area contributed by atoms with Gasteiger partial charge in [-0.2, -0.15) is 0 Å². The summed E-state index contributed by atoms with van der Waals surface area (Å²) in [5, 5.41) is 3.69. The van der Waals surface area contributed by atoms with Crippen LogP contribution in [-0.2, 0) is 11.2 Å². The third-order valence-electron chi connectivity index (χ3n) is 1.50. The number of hydrogen-bond donors (Lipinski definition) is 0. The van der Waals surface area contributed by atoms with Crippen molar-refractivity contribution in [2.24, 2.45) is 0 Å². The van der Waals surface area contributed by atoms with Crippen LogP contribution in [0.15, 0.2) is 29.2 Å². The van der Waals surface area contributed by atoms with Crippen LogP contribution >= 0.6 is 0 Å². The Morgan fingerprint density at radius 3 is 2.50 bits per heavy atom. The van der Waals surface area contributed by atoms with E-state index in [1.165, 1.54) is 19.2 Å². The van der Waals surface area contributed by atoms with Crippen LogP contribution < -0.4 is 5.32 Å². The molecule has 1 unspecified atom stereocenters. The zero-order valence-electron chi connectivity index (χ0n) is 7.21. The van der Waals surface area contributed by atoms with E-state index in [2.05, 4.69) is 5.32 Å². The number of nitrogens with zero attached hydrogens (tertiary/aromatic N) is 1. The van der Waals surface area contributed by atoms with Crippen molar-refractivity contribution in [1.82, 2.24) is 5.32 Å². The highest BCUT2D eigenvalue weighted by Gasteiger charge is 2.46. The molecule has 1 radical (unpaired) electrons. The molecule has 2 nitrogen and oxygen atoms in total. The van der Waals surface area contributed by atoms with E-state index < -0.39 is 16.7 Å². The number of rotatable bonds is 2. The van der Waals surface area contributed by atoms with Gasteiger partial charge in [0.15, 0.2) is 4.90 Å². The van der Waals surface area contributed by atoms with E-state index in [4.69, 9.17) is 0 Å². The second-order valence-corrected chi connectivity index (χ2v) is 3.91. The summed E-state index contributed by atoms with van der Waals surface area (Å²) in [7, 11) is 1.45. The van der Waals surface area contributed by atoms with Crippen LogP contribution in [0.25, 0.3) is 0 Å². The van der Waals surface area contributed by atoms with Gasteiger partial charge in [0.05, 0.1) is 16.9 Å².